The van der Waals surface area contributed by atoms with Crippen molar-refractivity contribution >= 4 is 40.5 Å². The molecule has 9 nitrogen and oxygen atoms in total. The van der Waals surface area contributed by atoms with Gasteiger partial charge in [-0.1, -0.05) is 13.8 Å². The molecule has 1 aliphatic rings. The van der Waals surface area contributed by atoms with Gasteiger partial charge in [0.25, 0.3) is 5.91 Å². The molecule has 2 aromatic carbocycles. The van der Waals surface area contributed by atoms with Gasteiger partial charge in [-0.25, -0.2) is 0 Å². The summed E-state index contributed by atoms with van der Waals surface area (Å²) >= 11 is 5.39. The third-order valence-corrected chi connectivity index (χ3v) is 6.31. The van der Waals surface area contributed by atoms with Crippen LogP contribution in [0.1, 0.15) is 51.4 Å². The summed E-state index contributed by atoms with van der Waals surface area (Å²) in [4.78, 5) is 29.6. The van der Waals surface area contributed by atoms with E-state index in [2.05, 4.69) is 29.4 Å². The van der Waals surface area contributed by atoms with E-state index in [0.29, 0.717) is 55.0 Å². The first-order valence-corrected chi connectivity index (χ1v) is 14.0. The molecular formula is C29H40N4O5S. The second kappa shape index (κ2) is 14.6. The number of nitrogens with zero attached hydrogens (tertiary/aromatic N) is 2. The molecule has 3 rings (SSSR count). The van der Waals surface area contributed by atoms with Crippen molar-refractivity contribution in [2.24, 2.45) is 5.92 Å². The number of thiocarbonyl (C=S) groups is 1. The van der Waals surface area contributed by atoms with E-state index >= 15 is 0 Å². The number of piperazine rings is 1. The molecule has 1 fully saturated rings. The van der Waals surface area contributed by atoms with Crippen LogP contribution in [-0.4, -0.2) is 67.8 Å². The fourth-order valence-electron chi connectivity index (χ4n) is 4.31. The smallest absolute Gasteiger partial charge is 0.257 e. The minimum absolute atomic E-state index is 0.176. The van der Waals surface area contributed by atoms with Crippen LogP contribution in [0.15, 0.2) is 36.4 Å². The van der Waals surface area contributed by atoms with E-state index in [1.54, 1.807) is 12.1 Å². The van der Waals surface area contributed by atoms with Gasteiger partial charge < -0.3 is 29.3 Å². The van der Waals surface area contributed by atoms with Crippen molar-refractivity contribution in [2.75, 3.05) is 56.2 Å². The maximum atomic E-state index is 13.0. The Morgan fingerprint density at radius 2 is 1.46 bits per heavy atom. The first kappa shape index (κ1) is 30.0. The number of carbonyl (C=O) groups is 2. The second-order valence-electron chi connectivity index (χ2n) is 9.52. The summed E-state index contributed by atoms with van der Waals surface area (Å²) < 4.78 is 17.1. The van der Waals surface area contributed by atoms with Crippen molar-refractivity contribution < 1.29 is 23.8 Å². The van der Waals surface area contributed by atoms with E-state index in [1.807, 2.05) is 49.9 Å². The highest BCUT2D eigenvalue weighted by Gasteiger charge is 2.22. The van der Waals surface area contributed by atoms with Crippen LogP contribution in [-0.2, 0) is 4.79 Å². The van der Waals surface area contributed by atoms with Gasteiger partial charge in [0.1, 0.15) is 0 Å². The Bertz CT molecular complexity index is 1100. The lowest BCUT2D eigenvalue weighted by Gasteiger charge is -2.36. The molecule has 0 aliphatic carbocycles. The average Bonchev–Trinajstić information content (AvgIpc) is 2.90. The van der Waals surface area contributed by atoms with E-state index in [1.165, 1.54) is 0 Å². The number of benzene rings is 2. The van der Waals surface area contributed by atoms with Gasteiger partial charge in [-0.3, -0.25) is 14.9 Å². The molecule has 0 saturated carbocycles. The third-order valence-electron chi connectivity index (χ3n) is 6.10. The lowest BCUT2D eigenvalue weighted by Crippen LogP contribution is -2.49. The van der Waals surface area contributed by atoms with Crippen LogP contribution < -0.4 is 29.7 Å². The Hall–Kier alpha value is -3.53. The molecule has 2 aromatic rings. The van der Waals surface area contributed by atoms with Gasteiger partial charge in [0.15, 0.2) is 16.6 Å². The summed E-state index contributed by atoms with van der Waals surface area (Å²) in [6.07, 6.45) is 0.594. The number of ether oxygens (including phenoxy) is 3. The highest BCUT2D eigenvalue weighted by molar-refractivity contribution is 7.80. The molecule has 1 heterocycles. The first-order valence-electron chi connectivity index (χ1n) is 13.6. The molecule has 0 spiro atoms. The normalized spacial score (nSPS) is 13.2. The molecule has 212 valence electrons. The summed E-state index contributed by atoms with van der Waals surface area (Å²) in [7, 11) is 0. The number of hydrogen-bond donors (Lipinski definition) is 2. The van der Waals surface area contributed by atoms with Crippen LogP contribution >= 0.6 is 12.2 Å². The Morgan fingerprint density at radius 1 is 0.897 bits per heavy atom. The zero-order valence-corrected chi connectivity index (χ0v) is 24.4. The molecule has 1 aliphatic heterocycles. The predicted molar refractivity (Wildman–Crippen MR) is 158 cm³/mol. The molecular weight excluding hydrogens is 516 g/mol. The van der Waals surface area contributed by atoms with Crippen LogP contribution in [0.3, 0.4) is 0 Å². The monoisotopic (exact) mass is 556 g/mol. The van der Waals surface area contributed by atoms with Crippen LogP contribution in [0.5, 0.6) is 17.2 Å². The molecule has 0 aromatic heterocycles. The van der Waals surface area contributed by atoms with Crippen molar-refractivity contribution in [3.05, 3.63) is 42.0 Å². The van der Waals surface area contributed by atoms with Crippen molar-refractivity contribution in [3.63, 3.8) is 0 Å². The Labute approximate surface area is 236 Å². The highest BCUT2D eigenvalue weighted by Crippen LogP contribution is 2.39. The first-order chi connectivity index (χ1) is 18.7. The van der Waals surface area contributed by atoms with Gasteiger partial charge in [-0.05, 0) is 75.3 Å². The number of hydrogen-bond acceptors (Lipinski definition) is 7. The van der Waals surface area contributed by atoms with E-state index in [9.17, 15) is 9.59 Å². The standard InChI is InChI=1S/C29H40N4O5S/c1-6-36-24-18-21(19-25(37-7-2)27(24)38-8-3)28(35)31-29(39)30-22-9-11-23(12-10-22)32-13-15-33(16-14-32)26(34)17-20(4)5/h9-12,18-20H,6-8,13-17H2,1-5H3,(H2,30,31,35,39). The van der Waals surface area contributed by atoms with Crippen molar-refractivity contribution in [2.45, 2.75) is 41.0 Å². The van der Waals surface area contributed by atoms with Crippen molar-refractivity contribution in [1.29, 1.82) is 0 Å². The molecule has 39 heavy (non-hydrogen) atoms. The molecule has 0 atom stereocenters. The van der Waals surface area contributed by atoms with Gasteiger partial charge >= 0.3 is 0 Å². The zero-order chi connectivity index (χ0) is 28.4. The van der Waals surface area contributed by atoms with E-state index < -0.39 is 0 Å². The molecule has 10 heteroatoms. The molecule has 0 bridgehead atoms. The number of amides is 2. The summed E-state index contributed by atoms with van der Waals surface area (Å²) in [6, 6.07) is 11.1. The fraction of sp³-hybridized carbons (Fsp3) is 0.483. The van der Waals surface area contributed by atoms with Crippen LogP contribution in [0, 0.1) is 5.92 Å². The summed E-state index contributed by atoms with van der Waals surface area (Å²) in [6.45, 7) is 14.0. The quantitative estimate of drug-likeness (QED) is 0.385. The van der Waals surface area contributed by atoms with Crippen LogP contribution in [0.4, 0.5) is 11.4 Å². The molecule has 2 amide bonds. The third kappa shape index (κ3) is 8.48. The van der Waals surface area contributed by atoms with E-state index in [-0.39, 0.29) is 16.9 Å². The Balaban J connectivity index is 1.59. The summed E-state index contributed by atoms with van der Waals surface area (Å²) in [5, 5.41) is 5.96. The largest absolute Gasteiger partial charge is 0.490 e. The maximum absolute atomic E-state index is 13.0. The van der Waals surface area contributed by atoms with Gasteiger partial charge in [0.2, 0.25) is 11.7 Å². The molecule has 0 unspecified atom stereocenters. The van der Waals surface area contributed by atoms with E-state index in [0.717, 1.165) is 37.6 Å². The second-order valence-corrected chi connectivity index (χ2v) is 9.93. The zero-order valence-electron chi connectivity index (χ0n) is 23.5. The number of rotatable bonds is 11. The lowest BCUT2D eigenvalue weighted by atomic mass is 10.1. The van der Waals surface area contributed by atoms with Gasteiger partial charge in [-0.2, -0.15) is 0 Å². The lowest BCUT2D eigenvalue weighted by molar-refractivity contribution is -0.132. The number of carbonyl (C=O) groups excluding carboxylic acids is 2. The Kier molecular flexibility index (Phi) is 11.2. The minimum Gasteiger partial charge on any atom is -0.490 e. The average molecular weight is 557 g/mol. The van der Waals surface area contributed by atoms with Gasteiger partial charge in [-0.15, -0.1) is 0 Å². The molecule has 2 N–H and O–H groups in total. The fourth-order valence-corrected chi connectivity index (χ4v) is 4.52. The summed E-state index contributed by atoms with van der Waals surface area (Å²) in [5.74, 6) is 1.56. The minimum atomic E-state index is -0.390. The Morgan fingerprint density at radius 3 is 1.97 bits per heavy atom. The van der Waals surface area contributed by atoms with Crippen molar-refractivity contribution in [3.8, 4) is 17.2 Å². The molecule has 0 radical (unpaired) electrons. The van der Waals surface area contributed by atoms with Crippen LogP contribution in [0.25, 0.3) is 0 Å². The van der Waals surface area contributed by atoms with Crippen LogP contribution in [0.2, 0.25) is 0 Å². The van der Waals surface area contributed by atoms with Crippen molar-refractivity contribution in [1.82, 2.24) is 10.2 Å². The number of anilines is 2. The highest BCUT2D eigenvalue weighted by atomic mass is 32.1. The summed E-state index contributed by atoms with van der Waals surface area (Å²) in [5.41, 5.74) is 2.18. The number of nitrogens with one attached hydrogen (secondary N) is 2. The molecule has 1 saturated heterocycles. The SMILES string of the molecule is CCOc1cc(C(=O)NC(=S)Nc2ccc(N3CCN(C(=O)CC(C)C)CC3)cc2)cc(OCC)c1OCC. The predicted octanol–water partition coefficient (Wildman–Crippen LogP) is 4.70. The van der Waals surface area contributed by atoms with Gasteiger partial charge in [0, 0.05) is 49.5 Å². The topological polar surface area (TPSA) is 92.4 Å². The van der Waals surface area contributed by atoms with E-state index in [4.69, 9.17) is 26.4 Å². The maximum Gasteiger partial charge on any atom is 0.257 e. The van der Waals surface area contributed by atoms with Gasteiger partial charge in [0.05, 0.1) is 19.8 Å².